The molecule has 2 rings (SSSR count). The topological polar surface area (TPSA) is 56.9 Å². The van der Waals surface area contributed by atoms with E-state index >= 15 is 0 Å². The van der Waals surface area contributed by atoms with E-state index in [1.807, 2.05) is 0 Å². The molecular weight excluding hydrogens is 246 g/mol. The van der Waals surface area contributed by atoms with Crippen molar-refractivity contribution in [3.63, 3.8) is 0 Å². The monoisotopic (exact) mass is 257 g/mol. The average Bonchev–Trinajstić information content (AvgIpc) is 2.75. The Hall–Kier alpha value is -0.810. The molecule has 1 aromatic rings. The van der Waals surface area contributed by atoms with E-state index in [0.29, 0.717) is 5.69 Å². The number of nitrogens with one attached hydrogen (secondary N) is 3. The Morgan fingerprint density at radius 3 is 3.07 bits per heavy atom. The van der Waals surface area contributed by atoms with Gasteiger partial charge in [-0.05, 0) is 35.0 Å². The van der Waals surface area contributed by atoms with Crippen LogP contribution in [0.15, 0.2) is 16.7 Å². The minimum Gasteiger partial charge on any atom is -0.356 e. The summed E-state index contributed by atoms with van der Waals surface area (Å²) in [6, 6.07) is 2.04. The van der Waals surface area contributed by atoms with Crippen LogP contribution < -0.4 is 10.6 Å². The number of rotatable bonds is 2. The van der Waals surface area contributed by atoms with Crippen LogP contribution in [0, 0.1) is 0 Å². The summed E-state index contributed by atoms with van der Waals surface area (Å²) in [6.45, 7) is 1.85. The van der Waals surface area contributed by atoms with Gasteiger partial charge in [0.05, 0.1) is 0 Å². The highest BCUT2D eigenvalue weighted by Gasteiger charge is 2.17. The summed E-state index contributed by atoms with van der Waals surface area (Å²) in [5.74, 6) is -0.0376. The minimum atomic E-state index is -0.0376. The predicted molar refractivity (Wildman–Crippen MR) is 57.2 cm³/mol. The maximum absolute atomic E-state index is 11.6. The Morgan fingerprint density at radius 2 is 2.50 bits per heavy atom. The van der Waals surface area contributed by atoms with E-state index in [0.717, 1.165) is 24.0 Å². The van der Waals surface area contributed by atoms with Gasteiger partial charge < -0.3 is 15.6 Å². The Labute approximate surface area is 90.6 Å². The molecule has 5 heteroatoms. The van der Waals surface area contributed by atoms with Gasteiger partial charge in [-0.15, -0.1) is 0 Å². The molecule has 1 aromatic heterocycles. The first kappa shape index (κ1) is 9.73. The van der Waals surface area contributed by atoms with Crippen molar-refractivity contribution in [3.05, 3.63) is 22.4 Å². The van der Waals surface area contributed by atoms with Crippen LogP contribution in [-0.4, -0.2) is 30.0 Å². The van der Waals surface area contributed by atoms with Crippen LogP contribution in [0.2, 0.25) is 0 Å². The molecule has 0 unspecified atom stereocenters. The summed E-state index contributed by atoms with van der Waals surface area (Å²) in [5.41, 5.74) is 0.601. The fourth-order valence-electron chi connectivity index (χ4n) is 1.54. The quantitative estimate of drug-likeness (QED) is 0.737. The molecular formula is C9H12BrN3O. The second kappa shape index (κ2) is 4.14. The lowest BCUT2D eigenvalue weighted by atomic mass is 10.2. The Kier molecular flexibility index (Phi) is 2.88. The molecule has 1 aliphatic rings. The highest BCUT2D eigenvalue weighted by atomic mass is 79.9. The van der Waals surface area contributed by atoms with E-state index in [4.69, 9.17) is 0 Å². The van der Waals surface area contributed by atoms with Gasteiger partial charge in [-0.3, -0.25) is 4.79 Å². The second-order valence-corrected chi connectivity index (χ2v) is 4.31. The fraction of sp³-hybridized carbons (Fsp3) is 0.444. The predicted octanol–water partition coefficient (Wildman–Crippen LogP) is 0.869. The maximum atomic E-state index is 11.6. The van der Waals surface area contributed by atoms with Crippen molar-refractivity contribution in [2.45, 2.75) is 12.5 Å². The van der Waals surface area contributed by atoms with Crippen LogP contribution in [0.3, 0.4) is 0 Å². The average molecular weight is 258 g/mol. The van der Waals surface area contributed by atoms with Crippen molar-refractivity contribution in [2.24, 2.45) is 0 Å². The molecule has 3 N–H and O–H groups in total. The fourth-order valence-corrected chi connectivity index (χ4v) is 1.88. The number of hydrogen-bond donors (Lipinski definition) is 3. The third-order valence-corrected chi connectivity index (χ3v) is 2.75. The molecule has 1 amide bonds. The first-order valence-corrected chi connectivity index (χ1v) is 5.40. The number of carbonyl (C=O) groups excluding carboxylic acids is 1. The lowest BCUT2D eigenvalue weighted by molar-refractivity contribution is 0.0935. The molecule has 0 saturated carbocycles. The molecule has 0 aromatic carbocycles. The zero-order chi connectivity index (χ0) is 9.97. The molecule has 0 bridgehead atoms. The van der Waals surface area contributed by atoms with E-state index in [-0.39, 0.29) is 11.9 Å². The molecule has 4 nitrogen and oxygen atoms in total. The van der Waals surface area contributed by atoms with Crippen LogP contribution in [-0.2, 0) is 0 Å². The standard InChI is InChI=1S/C9H12BrN3O/c10-6-3-8(12-4-6)9(14)13-7-1-2-11-5-7/h3-4,7,11-12H,1-2,5H2,(H,13,14)/t7-/m0/s1. The van der Waals surface area contributed by atoms with E-state index in [2.05, 4.69) is 31.5 Å². The van der Waals surface area contributed by atoms with Gasteiger partial charge in [0.25, 0.3) is 5.91 Å². The summed E-state index contributed by atoms with van der Waals surface area (Å²) < 4.78 is 0.896. The first-order chi connectivity index (χ1) is 6.75. The SMILES string of the molecule is O=C(N[C@H]1CCNC1)c1cc(Br)c[nH]1. The van der Waals surface area contributed by atoms with Crippen molar-refractivity contribution in [1.29, 1.82) is 0 Å². The summed E-state index contributed by atoms with van der Waals surface area (Å²) in [6.07, 6.45) is 2.76. The Morgan fingerprint density at radius 1 is 1.64 bits per heavy atom. The number of amides is 1. The molecule has 0 radical (unpaired) electrons. The van der Waals surface area contributed by atoms with Gasteiger partial charge in [0, 0.05) is 23.3 Å². The van der Waals surface area contributed by atoms with Crippen molar-refractivity contribution in [1.82, 2.24) is 15.6 Å². The van der Waals surface area contributed by atoms with Gasteiger partial charge in [0.15, 0.2) is 0 Å². The number of halogens is 1. The molecule has 1 saturated heterocycles. The largest absolute Gasteiger partial charge is 0.356 e. The van der Waals surface area contributed by atoms with Gasteiger partial charge in [0.2, 0.25) is 0 Å². The summed E-state index contributed by atoms with van der Waals surface area (Å²) >= 11 is 3.29. The summed E-state index contributed by atoms with van der Waals surface area (Å²) in [4.78, 5) is 14.5. The Balaban J connectivity index is 1.95. The molecule has 2 heterocycles. The second-order valence-electron chi connectivity index (χ2n) is 3.39. The van der Waals surface area contributed by atoms with E-state index in [1.165, 1.54) is 0 Å². The van der Waals surface area contributed by atoms with Crippen molar-refractivity contribution >= 4 is 21.8 Å². The van der Waals surface area contributed by atoms with E-state index in [9.17, 15) is 4.79 Å². The zero-order valence-electron chi connectivity index (χ0n) is 7.64. The number of aromatic amines is 1. The third kappa shape index (κ3) is 2.16. The van der Waals surface area contributed by atoms with E-state index < -0.39 is 0 Å². The number of hydrogen-bond acceptors (Lipinski definition) is 2. The molecule has 1 atom stereocenters. The van der Waals surface area contributed by atoms with Crippen LogP contribution in [0.25, 0.3) is 0 Å². The van der Waals surface area contributed by atoms with Gasteiger partial charge >= 0.3 is 0 Å². The van der Waals surface area contributed by atoms with Crippen molar-refractivity contribution in [3.8, 4) is 0 Å². The molecule has 14 heavy (non-hydrogen) atoms. The summed E-state index contributed by atoms with van der Waals surface area (Å²) in [7, 11) is 0. The van der Waals surface area contributed by atoms with Gasteiger partial charge in [-0.1, -0.05) is 0 Å². The minimum absolute atomic E-state index is 0.0376. The van der Waals surface area contributed by atoms with Gasteiger partial charge in [0.1, 0.15) is 5.69 Å². The first-order valence-electron chi connectivity index (χ1n) is 4.61. The molecule has 76 valence electrons. The number of H-pyrrole nitrogens is 1. The van der Waals surface area contributed by atoms with Gasteiger partial charge in [-0.2, -0.15) is 0 Å². The third-order valence-electron chi connectivity index (χ3n) is 2.29. The summed E-state index contributed by atoms with van der Waals surface area (Å²) in [5, 5.41) is 6.16. The normalized spacial score (nSPS) is 21.1. The van der Waals surface area contributed by atoms with Crippen molar-refractivity contribution in [2.75, 3.05) is 13.1 Å². The smallest absolute Gasteiger partial charge is 0.267 e. The van der Waals surface area contributed by atoms with E-state index in [1.54, 1.807) is 12.3 Å². The molecule has 0 spiro atoms. The van der Waals surface area contributed by atoms with Gasteiger partial charge in [-0.25, -0.2) is 0 Å². The van der Waals surface area contributed by atoms with Crippen LogP contribution in [0.1, 0.15) is 16.9 Å². The zero-order valence-corrected chi connectivity index (χ0v) is 9.23. The molecule has 1 aliphatic heterocycles. The maximum Gasteiger partial charge on any atom is 0.267 e. The number of carbonyl (C=O) groups is 1. The highest BCUT2D eigenvalue weighted by Crippen LogP contribution is 2.10. The van der Waals surface area contributed by atoms with Crippen LogP contribution in [0.4, 0.5) is 0 Å². The Bertz CT molecular complexity index is 331. The van der Waals surface area contributed by atoms with Crippen molar-refractivity contribution < 1.29 is 4.79 Å². The lowest BCUT2D eigenvalue weighted by Crippen LogP contribution is -2.36. The number of aromatic nitrogens is 1. The lowest BCUT2D eigenvalue weighted by Gasteiger charge is -2.09. The molecule has 0 aliphatic carbocycles. The van der Waals surface area contributed by atoms with Crippen LogP contribution >= 0.6 is 15.9 Å². The highest BCUT2D eigenvalue weighted by molar-refractivity contribution is 9.10. The molecule has 1 fully saturated rings. The van der Waals surface area contributed by atoms with Crippen LogP contribution in [0.5, 0.6) is 0 Å².